The normalized spacial score (nSPS) is 23.9. The Kier molecular flexibility index (Phi) is 4.22. The van der Waals surface area contributed by atoms with Crippen molar-refractivity contribution in [2.75, 3.05) is 32.7 Å². The molecule has 3 heteroatoms. The van der Waals surface area contributed by atoms with Crippen molar-refractivity contribution in [3.8, 4) is 0 Å². The van der Waals surface area contributed by atoms with E-state index in [9.17, 15) is 4.79 Å². The largest absolute Gasteiger partial charge is 0.342 e. The number of amides is 1. The first-order chi connectivity index (χ1) is 7.79. The van der Waals surface area contributed by atoms with E-state index in [0.29, 0.717) is 12.5 Å². The first kappa shape index (κ1) is 11.9. The maximum atomic E-state index is 12.0. The highest BCUT2D eigenvalue weighted by Gasteiger charge is 2.23. The monoisotopic (exact) mass is 224 g/mol. The van der Waals surface area contributed by atoms with E-state index in [1.807, 2.05) is 0 Å². The molecule has 0 aromatic rings. The van der Waals surface area contributed by atoms with Gasteiger partial charge in [0.15, 0.2) is 0 Å². The fourth-order valence-electron chi connectivity index (χ4n) is 2.82. The fraction of sp³-hybridized carbons (Fsp3) is 0.923. The summed E-state index contributed by atoms with van der Waals surface area (Å²) in [5, 5.41) is 0. The molecule has 0 N–H and O–H groups in total. The van der Waals surface area contributed by atoms with Crippen LogP contribution in [-0.4, -0.2) is 48.4 Å². The topological polar surface area (TPSA) is 23.6 Å². The Bertz CT molecular complexity index is 228. The van der Waals surface area contributed by atoms with E-state index in [1.165, 1.54) is 32.1 Å². The van der Waals surface area contributed by atoms with Gasteiger partial charge in [0.25, 0.3) is 0 Å². The highest BCUT2D eigenvalue weighted by atomic mass is 16.2. The van der Waals surface area contributed by atoms with Crippen LogP contribution in [0.5, 0.6) is 0 Å². The number of piperidine rings is 1. The summed E-state index contributed by atoms with van der Waals surface area (Å²) >= 11 is 0. The number of rotatable bonds is 3. The molecule has 0 bridgehead atoms. The minimum absolute atomic E-state index is 0.358. The Labute approximate surface area is 98.8 Å². The lowest BCUT2D eigenvalue weighted by atomic mass is 9.94. The van der Waals surface area contributed by atoms with E-state index in [-0.39, 0.29) is 0 Å². The molecule has 0 aromatic heterocycles. The molecular formula is C13H24N2O. The van der Waals surface area contributed by atoms with Crippen molar-refractivity contribution < 1.29 is 4.79 Å². The Hall–Kier alpha value is -0.570. The molecule has 0 atom stereocenters. The molecule has 2 rings (SSSR count). The van der Waals surface area contributed by atoms with Crippen LogP contribution in [-0.2, 0) is 4.79 Å². The van der Waals surface area contributed by atoms with Crippen molar-refractivity contribution in [3.05, 3.63) is 0 Å². The lowest BCUT2D eigenvalue weighted by Gasteiger charge is -2.32. The van der Waals surface area contributed by atoms with Gasteiger partial charge in [-0.1, -0.05) is 13.3 Å². The van der Waals surface area contributed by atoms with Crippen LogP contribution in [0.1, 0.15) is 39.0 Å². The van der Waals surface area contributed by atoms with Crippen molar-refractivity contribution in [2.24, 2.45) is 5.92 Å². The molecule has 0 saturated carbocycles. The number of carbonyl (C=O) groups excluding carboxylic acids is 1. The van der Waals surface area contributed by atoms with Gasteiger partial charge in [0.05, 0.1) is 6.54 Å². The number of carbonyl (C=O) groups is 1. The average molecular weight is 224 g/mol. The van der Waals surface area contributed by atoms with Gasteiger partial charge in [-0.15, -0.1) is 0 Å². The van der Waals surface area contributed by atoms with Gasteiger partial charge in [0.2, 0.25) is 5.91 Å². The van der Waals surface area contributed by atoms with Crippen molar-refractivity contribution in [3.63, 3.8) is 0 Å². The van der Waals surface area contributed by atoms with Gasteiger partial charge in [0.1, 0.15) is 0 Å². The molecule has 16 heavy (non-hydrogen) atoms. The van der Waals surface area contributed by atoms with Gasteiger partial charge in [-0.3, -0.25) is 9.69 Å². The average Bonchev–Trinajstić information content (AvgIpc) is 2.82. The number of hydrogen-bond acceptors (Lipinski definition) is 2. The zero-order chi connectivity index (χ0) is 11.4. The van der Waals surface area contributed by atoms with Crippen molar-refractivity contribution in [1.82, 2.24) is 9.80 Å². The molecule has 92 valence electrons. The van der Waals surface area contributed by atoms with Gasteiger partial charge in [-0.25, -0.2) is 0 Å². The van der Waals surface area contributed by atoms with Crippen LogP contribution in [0.15, 0.2) is 0 Å². The van der Waals surface area contributed by atoms with Crippen LogP contribution in [0.2, 0.25) is 0 Å². The molecule has 2 saturated heterocycles. The molecule has 2 fully saturated rings. The van der Waals surface area contributed by atoms with Crippen molar-refractivity contribution in [2.45, 2.75) is 39.0 Å². The molecule has 0 spiro atoms. The molecule has 0 aromatic carbocycles. The molecule has 2 aliphatic heterocycles. The standard InChI is InChI=1S/C13H24N2O/c1-2-12-5-9-15(10-6-12)13(16)11-14-7-3-4-8-14/h12H,2-11H2,1H3. The Morgan fingerprint density at radius 1 is 1.12 bits per heavy atom. The lowest BCUT2D eigenvalue weighted by Crippen LogP contribution is -2.43. The van der Waals surface area contributed by atoms with Gasteiger partial charge >= 0.3 is 0 Å². The SMILES string of the molecule is CCC1CCN(C(=O)CN2CCCC2)CC1. The Morgan fingerprint density at radius 2 is 1.75 bits per heavy atom. The van der Waals surface area contributed by atoms with E-state index in [4.69, 9.17) is 0 Å². The second-order valence-corrected chi connectivity index (χ2v) is 5.22. The van der Waals surface area contributed by atoms with Crippen LogP contribution in [0.3, 0.4) is 0 Å². The van der Waals surface area contributed by atoms with E-state index >= 15 is 0 Å². The van der Waals surface area contributed by atoms with Gasteiger partial charge in [-0.05, 0) is 44.7 Å². The predicted molar refractivity (Wildman–Crippen MR) is 65.3 cm³/mol. The summed E-state index contributed by atoms with van der Waals surface area (Å²) in [6.07, 6.45) is 6.23. The third-order valence-corrected chi connectivity index (χ3v) is 4.10. The van der Waals surface area contributed by atoms with Crippen molar-refractivity contribution >= 4 is 5.91 Å². The van der Waals surface area contributed by atoms with Crippen LogP contribution in [0.4, 0.5) is 0 Å². The van der Waals surface area contributed by atoms with E-state index in [2.05, 4.69) is 16.7 Å². The molecule has 2 heterocycles. The summed E-state index contributed by atoms with van der Waals surface area (Å²) in [5.74, 6) is 1.22. The van der Waals surface area contributed by atoms with E-state index < -0.39 is 0 Å². The summed E-state index contributed by atoms with van der Waals surface area (Å²) in [5.41, 5.74) is 0. The zero-order valence-electron chi connectivity index (χ0n) is 10.5. The van der Waals surface area contributed by atoms with Crippen LogP contribution >= 0.6 is 0 Å². The van der Waals surface area contributed by atoms with E-state index in [1.54, 1.807) is 0 Å². The molecular weight excluding hydrogens is 200 g/mol. The summed E-state index contributed by atoms with van der Waals surface area (Å²) in [7, 11) is 0. The molecule has 1 amide bonds. The Morgan fingerprint density at radius 3 is 2.31 bits per heavy atom. The number of hydrogen-bond donors (Lipinski definition) is 0. The number of likely N-dealkylation sites (tertiary alicyclic amines) is 2. The maximum absolute atomic E-state index is 12.0. The molecule has 2 aliphatic rings. The summed E-state index contributed by atoms with van der Waals surface area (Å²) in [6.45, 7) is 7.15. The highest BCUT2D eigenvalue weighted by molar-refractivity contribution is 5.78. The van der Waals surface area contributed by atoms with E-state index in [0.717, 1.165) is 32.1 Å². The Balaban J connectivity index is 1.73. The first-order valence-corrected chi connectivity index (χ1v) is 6.79. The zero-order valence-corrected chi connectivity index (χ0v) is 10.5. The summed E-state index contributed by atoms with van der Waals surface area (Å²) in [4.78, 5) is 16.4. The number of nitrogens with zero attached hydrogens (tertiary/aromatic N) is 2. The van der Waals surface area contributed by atoms with Crippen molar-refractivity contribution in [1.29, 1.82) is 0 Å². The predicted octanol–water partition coefficient (Wildman–Crippen LogP) is 1.73. The highest BCUT2D eigenvalue weighted by Crippen LogP contribution is 2.20. The van der Waals surface area contributed by atoms with Gasteiger partial charge < -0.3 is 4.90 Å². The minimum atomic E-state index is 0.358. The van der Waals surface area contributed by atoms with Gasteiger partial charge in [0, 0.05) is 13.1 Å². The lowest BCUT2D eigenvalue weighted by molar-refractivity contribution is -0.133. The summed E-state index contributed by atoms with van der Waals surface area (Å²) < 4.78 is 0. The first-order valence-electron chi connectivity index (χ1n) is 6.79. The molecule has 0 radical (unpaired) electrons. The fourth-order valence-corrected chi connectivity index (χ4v) is 2.82. The maximum Gasteiger partial charge on any atom is 0.236 e. The molecule has 0 unspecified atom stereocenters. The third-order valence-electron chi connectivity index (χ3n) is 4.10. The second kappa shape index (κ2) is 5.67. The minimum Gasteiger partial charge on any atom is -0.342 e. The van der Waals surface area contributed by atoms with Crippen LogP contribution in [0, 0.1) is 5.92 Å². The smallest absolute Gasteiger partial charge is 0.236 e. The molecule has 3 nitrogen and oxygen atoms in total. The second-order valence-electron chi connectivity index (χ2n) is 5.22. The molecule has 0 aliphatic carbocycles. The quantitative estimate of drug-likeness (QED) is 0.729. The van der Waals surface area contributed by atoms with Crippen LogP contribution < -0.4 is 0 Å². The van der Waals surface area contributed by atoms with Crippen LogP contribution in [0.25, 0.3) is 0 Å². The third kappa shape index (κ3) is 2.97. The van der Waals surface area contributed by atoms with Gasteiger partial charge in [-0.2, -0.15) is 0 Å². The summed E-state index contributed by atoms with van der Waals surface area (Å²) in [6, 6.07) is 0.